The quantitative estimate of drug-likeness (QED) is 0.722. The van der Waals surface area contributed by atoms with Crippen LogP contribution in [0, 0.1) is 0 Å². The Bertz CT molecular complexity index is 764. The molecule has 0 aliphatic carbocycles. The Balaban J connectivity index is 1.62. The van der Waals surface area contributed by atoms with E-state index in [1.807, 2.05) is 12.3 Å². The van der Waals surface area contributed by atoms with Crippen LogP contribution in [0.1, 0.15) is 28.0 Å². The van der Waals surface area contributed by atoms with Gasteiger partial charge in [0.1, 0.15) is 12.6 Å². The zero-order chi connectivity index (χ0) is 17.8. The highest BCUT2D eigenvalue weighted by atomic mass is 35.5. The summed E-state index contributed by atoms with van der Waals surface area (Å²) in [4.78, 5) is 31.0. The van der Waals surface area contributed by atoms with Gasteiger partial charge in [0, 0.05) is 21.7 Å². The summed E-state index contributed by atoms with van der Waals surface area (Å²) in [5.41, 5.74) is 1.26. The van der Waals surface area contributed by atoms with Crippen molar-refractivity contribution < 1.29 is 14.3 Å². The van der Waals surface area contributed by atoms with Gasteiger partial charge in [-0.15, -0.1) is 23.1 Å². The van der Waals surface area contributed by atoms with Gasteiger partial charge in [-0.1, -0.05) is 18.5 Å². The number of thiazole rings is 1. The fraction of sp³-hybridized carbons (Fsp3) is 0.353. The molecule has 8 heteroatoms. The van der Waals surface area contributed by atoms with Gasteiger partial charge in [-0.2, -0.15) is 0 Å². The highest BCUT2D eigenvalue weighted by molar-refractivity contribution is 7.99. The van der Waals surface area contributed by atoms with Gasteiger partial charge in [0.2, 0.25) is 0 Å². The summed E-state index contributed by atoms with van der Waals surface area (Å²) in [6, 6.07) is 6.09. The second-order valence-electron chi connectivity index (χ2n) is 5.49. The third-order valence-corrected chi connectivity index (χ3v) is 6.08. The molecule has 25 heavy (non-hydrogen) atoms. The van der Waals surface area contributed by atoms with E-state index in [1.54, 1.807) is 40.5 Å². The maximum absolute atomic E-state index is 12.6. The van der Waals surface area contributed by atoms with E-state index in [-0.39, 0.29) is 12.5 Å². The van der Waals surface area contributed by atoms with Crippen molar-refractivity contribution >= 4 is 46.6 Å². The van der Waals surface area contributed by atoms with Crippen LogP contribution >= 0.6 is 34.7 Å². The van der Waals surface area contributed by atoms with Crippen LogP contribution in [0.25, 0.3) is 0 Å². The van der Waals surface area contributed by atoms with Crippen molar-refractivity contribution in [2.45, 2.75) is 26.0 Å². The van der Waals surface area contributed by atoms with Crippen LogP contribution in [-0.2, 0) is 22.6 Å². The van der Waals surface area contributed by atoms with Crippen LogP contribution < -0.4 is 0 Å². The molecule has 1 aromatic carbocycles. The first-order valence-corrected chi connectivity index (χ1v) is 10.2. The van der Waals surface area contributed by atoms with Crippen molar-refractivity contribution in [2.24, 2.45) is 0 Å². The molecule has 1 aliphatic heterocycles. The summed E-state index contributed by atoms with van der Waals surface area (Å²) in [6.07, 6.45) is 0.862. The number of ether oxygens (including phenoxy) is 1. The summed E-state index contributed by atoms with van der Waals surface area (Å²) < 4.78 is 5.38. The van der Waals surface area contributed by atoms with E-state index in [0.717, 1.165) is 17.1 Å². The maximum Gasteiger partial charge on any atom is 0.330 e. The van der Waals surface area contributed by atoms with Crippen molar-refractivity contribution in [3.63, 3.8) is 0 Å². The first-order chi connectivity index (χ1) is 12.1. The Morgan fingerprint density at radius 3 is 2.80 bits per heavy atom. The standard InChI is InChI=1S/C17H17ClN2O3S2/c1-2-15-19-13(8-25-15)7-23-17(22)14-9-24-10-20(14)16(21)11-3-5-12(18)6-4-11/h3-6,8,14H,2,7,9-10H2,1H3. The fourth-order valence-electron chi connectivity index (χ4n) is 2.42. The zero-order valence-electron chi connectivity index (χ0n) is 13.6. The van der Waals surface area contributed by atoms with Gasteiger partial charge in [-0.25, -0.2) is 9.78 Å². The van der Waals surface area contributed by atoms with Crippen LogP contribution in [0.5, 0.6) is 0 Å². The number of thioether (sulfide) groups is 1. The lowest BCUT2D eigenvalue weighted by Gasteiger charge is -2.22. The smallest absolute Gasteiger partial charge is 0.330 e. The molecule has 1 amide bonds. The average molecular weight is 397 g/mol. The van der Waals surface area contributed by atoms with E-state index in [4.69, 9.17) is 16.3 Å². The summed E-state index contributed by atoms with van der Waals surface area (Å²) in [5, 5.41) is 3.48. The van der Waals surface area contributed by atoms with Gasteiger partial charge >= 0.3 is 5.97 Å². The van der Waals surface area contributed by atoms with E-state index in [1.165, 1.54) is 11.8 Å². The molecule has 0 radical (unpaired) electrons. The summed E-state index contributed by atoms with van der Waals surface area (Å²) in [5.74, 6) is 0.428. The lowest BCUT2D eigenvalue weighted by molar-refractivity contribution is -0.149. The minimum atomic E-state index is -0.572. The van der Waals surface area contributed by atoms with Crippen molar-refractivity contribution in [3.05, 3.63) is 50.9 Å². The lowest BCUT2D eigenvalue weighted by Crippen LogP contribution is -2.42. The second kappa shape index (κ2) is 8.21. The number of carbonyl (C=O) groups is 2. The number of benzene rings is 1. The molecule has 1 aliphatic rings. The van der Waals surface area contributed by atoms with Crippen LogP contribution in [0.4, 0.5) is 0 Å². The van der Waals surface area contributed by atoms with Gasteiger partial charge in [-0.05, 0) is 30.7 Å². The SMILES string of the molecule is CCc1nc(COC(=O)C2CSCN2C(=O)c2ccc(Cl)cc2)cs1. The molecule has 1 unspecified atom stereocenters. The third kappa shape index (κ3) is 4.34. The van der Waals surface area contributed by atoms with Crippen LogP contribution in [0.15, 0.2) is 29.6 Å². The van der Waals surface area contributed by atoms with E-state index < -0.39 is 12.0 Å². The molecule has 3 rings (SSSR count). The molecule has 0 saturated carbocycles. The number of amides is 1. The molecular formula is C17H17ClN2O3S2. The number of aromatic nitrogens is 1. The monoisotopic (exact) mass is 396 g/mol. The highest BCUT2D eigenvalue weighted by Crippen LogP contribution is 2.25. The van der Waals surface area contributed by atoms with E-state index in [2.05, 4.69) is 4.98 Å². The molecular weight excluding hydrogens is 380 g/mol. The van der Waals surface area contributed by atoms with Crippen molar-refractivity contribution in [2.75, 3.05) is 11.6 Å². The first kappa shape index (κ1) is 18.2. The van der Waals surface area contributed by atoms with Gasteiger partial charge in [-0.3, -0.25) is 4.79 Å². The first-order valence-electron chi connectivity index (χ1n) is 7.82. The average Bonchev–Trinajstić information content (AvgIpc) is 3.29. The minimum absolute atomic E-state index is 0.138. The molecule has 0 spiro atoms. The third-order valence-electron chi connectivity index (χ3n) is 3.77. The predicted molar refractivity (Wildman–Crippen MR) is 100 cm³/mol. The molecule has 2 heterocycles. The van der Waals surface area contributed by atoms with Crippen LogP contribution in [-0.4, -0.2) is 39.4 Å². The van der Waals surface area contributed by atoms with Crippen molar-refractivity contribution in [1.82, 2.24) is 9.88 Å². The zero-order valence-corrected chi connectivity index (χ0v) is 16.0. The molecule has 132 valence electrons. The van der Waals surface area contributed by atoms with E-state index in [9.17, 15) is 9.59 Å². The molecule has 2 aromatic rings. The molecule has 1 saturated heterocycles. The molecule has 5 nitrogen and oxygen atoms in total. The fourth-order valence-corrected chi connectivity index (χ4v) is 4.41. The number of aryl methyl sites for hydroxylation is 1. The van der Waals surface area contributed by atoms with Gasteiger partial charge in [0.25, 0.3) is 5.91 Å². The van der Waals surface area contributed by atoms with E-state index >= 15 is 0 Å². The normalized spacial score (nSPS) is 16.9. The maximum atomic E-state index is 12.6. The predicted octanol–water partition coefficient (Wildman–Crippen LogP) is 3.62. The topological polar surface area (TPSA) is 59.5 Å². The van der Waals surface area contributed by atoms with Gasteiger partial charge < -0.3 is 9.64 Å². The Hall–Kier alpha value is -1.57. The molecule has 1 atom stereocenters. The van der Waals surface area contributed by atoms with Crippen molar-refractivity contribution in [3.8, 4) is 0 Å². The molecule has 1 aromatic heterocycles. The number of rotatable bonds is 5. The van der Waals surface area contributed by atoms with E-state index in [0.29, 0.717) is 22.2 Å². The summed E-state index contributed by atoms with van der Waals surface area (Å²) >= 11 is 8.95. The largest absolute Gasteiger partial charge is 0.458 e. The van der Waals surface area contributed by atoms with Crippen LogP contribution in [0.3, 0.4) is 0 Å². The molecule has 1 fully saturated rings. The Labute approximate surface area is 159 Å². The van der Waals surface area contributed by atoms with Gasteiger partial charge in [0.15, 0.2) is 0 Å². The number of hydrogen-bond acceptors (Lipinski definition) is 6. The number of halogens is 1. The van der Waals surface area contributed by atoms with Gasteiger partial charge in [0.05, 0.1) is 16.6 Å². The minimum Gasteiger partial charge on any atom is -0.458 e. The van der Waals surface area contributed by atoms with Crippen LogP contribution in [0.2, 0.25) is 5.02 Å². The Morgan fingerprint density at radius 1 is 1.36 bits per heavy atom. The lowest BCUT2D eigenvalue weighted by atomic mass is 10.2. The number of hydrogen-bond donors (Lipinski definition) is 0. The number of nitrogens with zero attached hydrogens (tertiary/aromatic N) is 2. The Morgan fingerprint density at radius 2 is 2.12 bits per heavy atom. The highest BCUT2D eigenvalue weighted by Gasteiger charge is 2.36. The van der Waals surface area contributed by atoms with Crippen molar-refractivity contribution in [1.29, 1.82) is 0 Å². The number of esters is 1. The summed E-state index contributed by atoms with van der Waals surface area (Å²) in [7, 11) is 0. The molecule has 0 N–H and O–H groups in total. The second-order valence-corrected chi connectivity index (χ2v) is 7.87. The summed E-state index contributed by atoms with van der Waals surface area (Å²) in [6.45, 7) is 2.17. The molecule has 0 bridgehead atoms. The Kier molecular flexibility index (Phi) is 5.98. The number of carbonyl (C=O) groups excluding carboxylic acids is 2.